The number of ketones is 1. The lowest BCUT2D eigenvalue weighted by molar-refractivity contribution is -0.141. The molecule has 0 fully saturated rings. The van der Waals surface area contributed by atoms with Crippen LogP contribution in [-0.2, 0) is 18.1 Å². The molecule has 0 amide bonds. The van der Waals surface area contributed by atoms with Gasteiger partial charge in [-0.25, -0.2) is 0 Å². The van der Waals surface area contributed by atoms with E-state index in [0.717, 1.165) is 19.3 Å². The van der Waals surface area contributed by atoms with Crippen LogP contribution in [0, 0.1) is 17.3 Å². The maximum absolute atomic E-state index is 14.7. The van der Waals surface area contributed by atoms with E-state index >= 15 is 0 Å². The molecule has 7 heteroatoms. The van der Waals surface area contributed by atoms with Crippen molar-refractivity contribution in [3.63, 3.8) is 0 Å². The van der Waals surface area contributed by atoms with Crippen LogP contribution in [0.4, 0.5) is 0 Å². The monoisotopic (exact) mass is 642 g/mol. The van der Waals surface area contributed by atoms with Crippen molar-refractivity contribution in [2.24, 2.45) is 17.3 Å². The van der Waals surface area contributed by atoms with Gasteiger partial charge in [0.05, 0.1) is 12.2 Å². The molecule has 0 bridgehead atoms. The van der Waals surface area contributed by atoms with Crippen LogP contribution in [0.1, 0.15) is 116 Å². The molecule has 0 saturated carbocycles. The van der Waals surface area contributed by atoms with Crippen LogP contribution in [0.3, 0.4) is 0 Å². The van der Waals surface area contributed by atoms with Gasteiger partial charge in [-0.05, 0) is 86.0 Å². The molecular weight excluding hydrogens is 569 g/mol. The van der Waals surface area contributed by atoms with E-state index in [2.05, 4.69) is 136 Å². The Morgan fingerprint density at radius 3 is 1.55 bits per heavy atom. The fourth-order valence-corrected chi connectivity index (χ4v) is 8.62. The predicted octanol–water partition coefficient (Wildman–Crippen LogP) is 11.4. The van der Waals surface area contributed by atoms with E-state index in [9.17, 15) is 4.79 Å². The van der Waals surface area contributed by atoms with Crippen LogP contribution < -0.4 is 0 Å². The number of rotatable bonds is 17. The molecule has 0 aliphatic carbocycles. The maximum Gasteiger partial charge on any atom is 0.192 e. The average Bonchev–Trinajstić information content (AvgIpc) is 2.78. The lowest BCUT2D eigenvalue weighted by Crippen LogP contribution is -2.54. The number of carbonyl (C=O) groups excluding carboxylic acids is 1. The predicted molar refractivity (Wildman–Crippen MR) is 193 cm³/mol. The molecule has 0 heterocycles. The topological polar surface area (TPSA) is 44.8 Å². The Morgan fingerprint density at radius 2 is 1.14 bits per heavy atom. The molecule has 0 N–H and O–H groups in total. The van der Waals surface area contributed by atoms with Crippen molar-refractivity contribution in [1.82, 2.24) is 0 Å². The van der Waals surface area contributed by atoms with E-state index in [-0.39, 0.29) is 44.9 Å². The summed E-state index contributed by atoms with van der Waals surface area (Å²) in [6.45, 7) is 47.4. The molecular formula is C35H74O4Si3. The van der Waals surface area contributed by atoms with E-state index in [1.54, 1.807) is 0 Å². The summed E-state index contributed by atoms with van der Waals surface area (Å²) in [5.74, 6) is 0.285. The fourth-order valence-electron chi connectivity index (χ4n) is 4.61. The second kappa shape index (κ2) is 15.0. The molecule has 0 aliphatic rings. The molecule has 42 heavy (non-hydrogen) atoms. The van der Waals surface area contributed by atoms with Gasteiger partial charge in [-0.2, -0.15) is 0 Å². The van der Waals surface area contributed by atoms with Crippen molar-refractivity contribution < 1.29 is 18.1 Å². The normalized spacial score (nSPS) is 17.5. The first-order chi connectivity index (χ1) is 18.5. The Balaban J connectivity index is 6.49. The van der Waals surface area contributed by atoms with Gasteiger partial charge in [0, 0.05) is 17.9 Å². The quantitative estimate of drug-likeness (QED) is 0.0899. The summed E-state index contributed by atoms with van der Waals surface area (Å²) in [6.07, 6.45) is 5.43. The number of hydrogen-bond acceptors (Lipinski definition) is 4. The largest absolute Gasteiger partial charge is 0.417 e. The van der Waals surface area contributed by atoms with Crippen LogP contribution in [0.15, 0.2) is 12.7 Å². The molecule has 0 rings (SSSR count). The van der Waals surface area contributed by atoms with Gasteiger partial charge in [0.2, 0.25) is 0 Å². The van der Waals surface area contributed by atoms with E-state index < -0.39 is 30.4 Å². The van der Waals surface area contributed by atoms with Crippen LogP contribution in [0.25, 0.3) is 0 Å². The van der Waals surface area contributed by atoms with Crippen LogP contribution in [-0.4, -0.2) is 49.6 Å². The molecule has 0 aromatic carbocycles. The van der Waals surface area contributed by atoms with Gasteiger partial charge in [0.15, 0.2) is 25.0 Å². The van der Waals surface area contributed by atoms with Crippen LogP contribution >= 0.6 is 0 Å². The van der Waals surface area contributed by atoms with Gasteiger partial charge in [-0.15, -0.1) is 6.58 Å². The number of hydrogen-bond donors (Lipinski definition) is 0. The lowest BCUT2D eigenvalue weighted by atomic mass is 9.73. The second-order valence-corrected chi connectivity index (χ2v) is 32.5. The minimum Gasteiger partial charge on any atom is -0.417 e. The molecule has 0 spiro atoms. The van der Waals surface area contributed by atoms with Gasteiger partial charge < -0.3 is 13.3 Å². The average molecular weight is 643 g/mol. The highest BCUT2D eigenvalue weighted by atomic mass is 28.4. The van der Waals surface area contributed by atoms with Gasteiger partial charge in [0.25, 0.3) is 0 Å². The third kappa shape index (κ3) is 11.4. The molecule has 0 aromatic heterocycles. The third-order valence-corrected chi connectivity index (χ3v) is 24.6. The summed E-state index contributed by atoms with van der Waals surface area (Å²) in [5, 5.41) is 0.252. The molecule has 0 aromatic rings. The lowest BCUT2D eigenvalue weighted by Gasteiger charge is -2.47. The Kier molecular flexibility index (Phi) is 15.0. The highest BCUT2D eigenvalue weighted by molar-refractivity contribution is 6.75. The summed E-state index contributed by atoms with van der Waals surface area (Å²) >= 11 is 0. The minimum atomic E-state index is -2.16. The Morgan fingerprint density at radius 1 is 0.714 bits per heavy atom. The number of allylic oxidation sites excluding steroid dienone is 1. The van der Waals surface area contributed by atoms with Gasteiger partial charge in [0.1, 0.15) is 5.78 Å². The Labute approximate surface area is 266 Å². The molecule has 0 radical (unpaired) electrons. The van der Waals surface area contributed by atoms with E-state index in [0.29, 0.717) is 13.0 Å². The summed E-state index contributed by atoms with van der Waals surface area (Å²) < 4.78 is 20.9. The van der Waals surface area contributed by atoms with Gasteiger partial charge in [-0.3, -0.25) is 4.79 Å². The molecule has 4 nitrogen and oxygen atoms in total. The molecule has 0 unspecified atom stereocenters. The molecule has 250 valence electrons. The molecule has 0 aliphatic heterocycles. The standard InChI is InChI=1S/C35H74O4Si3/c1-21-22-23-24-27(2)30(39-42(19,20)34(10,11)12)28(3)31(36)35(13,14)29(38-41(17,18)33(7,8)9)25-26-37-40(15,16)32(4,5)6/h21,27-30H,1,22-26H2,2-20H3/t27-,28+,29-,30-/m0/s1. The van der Waals surface area contributed by atoms with Crippen molar-refractivity contribution in [3.8, 4) is 0 Å². The van der Waals surface area contributed by atoms with Crippen molar-refractivity contribution in [3.05, 3.63) is 12.7 Å². The Hall–Kier alpha value is -0.0594. The van der Waals surface area contributed by atoms with E-state index in [1.807, 2.05) is 6.08 Å². The fraction of sp³-hybridized carbons (Fsp3) is 0.914. The van der Waals surface area contributed by atoms with E-state index in [1.165, 1.54) is 0 Å². The first-order valence-electron chi connectivity index (χ1n) is 16.6. The SMILES string of the molecule is C=CCCC[C@H](C)[C@H](O[Si](C)(C)C(C)(C)C)[C@@H](C)C(=O)C(C)(C)[C@H](CCO[Si](C)(C)C(C)(C)C)O[Si](C)(C)C(C)(C)C. The first kappa shape index (κ1) is 41.9. The number of unbranched alkanes of at least 4 members (excludes halogenated alkanes) is 1. The zero-order valence-electron chi connectivity index (χ0n) is 31.8. The third-order valence-electron chi connectivity index (χ3n) is 11.1. The first-order valence-corrected chi connectivity index (χ1v) is 25.3. The van der Waals surface area contributed by atoms with Crippen molar-refractivity contribution in [1.29, 1.82) is 0 Å². The smallest absolute Gasteiger partial charge is 0.192 e. The summed E-state index contributed by atoms with van der Waals surface area (Å²) in [4.78, 5) is 14.7. The number of carbonyl (C=O) groups is 1. The second-order valence-electron chi connectivity index (χ2n) is 18.2. The Bertz CT molecular complexity index is 857. The van der Waals surface area contributed by atoms with E-state index in [4.69, 9.17) is 13.3 Å². The van der Waals surface area contributed by atoms with Crippen LogP contribution in [0.5, 0.6) is 0 Å². The van der Waals surface area contributed by atoms with Crippen LogP contribution in [0.2, 0.25) is 54.4 Å². The highest BCUT2D eigenvalue weighted by Gasteiger charge is 2.49. The van der Waals surface area contributed by atoms with Crippen molar-refractivity contribution in [2.75, 3.05) is 6.61 Å². The van der Waals surface area contributed by atoms with Crippen molar-refractivity contribution in [2.45, 2.75) is 182 Å². The zero-order chi connectivity index (χ0) is 33.8. The summed E-state index contributed by atoms with van der Waals surface area (Å²) in [6, 6.07) is 0. The maximum atomic E-state index is 14.7. The number of Topliss-reactive ketones (excluding diaryl/α,β-unsaturated/α-hetero) is 1. The van der Waals surface area contributed by atoms with Gasteiger partial charge >= 0.3 is 0 Å². The highest BCUT2D eigenvalue weighted by Crippen LogP contribution is 2.44. The van der Waals surface area contributed by atoms with Crippen molar-refractivity contribution >= 4 is 30.7 Å². The molecule has 0 saturated heterocycles. The minimum absolute atomic E-state index is 0.0456. The summed E-state index contributed by atoms with van der Waals surface area (Å²) in [5.41, 5.74) is -0.679. The zero-order valence-corrected chi connectivity index (χ0v) is 34.8. The molecule has 4 atom stereocenters. The van der Waals surface area contributed by atoms with Gasteiger partial charge in [-0.1, -0.05) is 96.1 Å². The summed E-state index contributed by atoms with van der Waals surface area (Å²) in [7, 11) is -6.18.